The van der Waals surface area contributed by atoms with Crippen molar-refractivity contribution < 1.29 is 9.53 Å². The van der Waals surface area contributed by atoms with Crippen LogP contribution in [0.3, 0.4) is 0 Å². The van der Waals surface area contributed by atoms with E-state index in [0.717, 1.165) is 30.6 Å². The molecule has 0 fully saturated rings. The van der Waals surface area contributed by atoms with E-state index in [1.807, 2.05) is 6.08 Å². The van der Waals surface area contributed by atoms with E-state index in [1.54, 1.807) is 13.2 Å². The average Bonchev–Trinajstić information content (AvgIpc) is 2.37. The van der Waals surface area contributed by atoms with Crippen molar-refractivity contribution in [2.24, 2.45) is 0 Å². The molecule has 0 amide bonds. The van der Waals surface area contributed by atoms with Gasteiger partial charge < -0.3 is 4.74 Å². The maximum atomic E-state index is 11.4. The Bertz CT molecular complexity index is 345. The summed E-state index contributed by atoms with van der Waals surface area (Å²) in [7, 11) is 1.67. The van der Waals surface area contributed by atoms with Gasteiger partial charge in [0.25, 0.3) is 0 Å². The fraction of sp³-hybridized carbons (Fsp3) is 0.417. The first-order valence-corrected chi connectivity index (χ1v) is 4.98. The number of carbonyl (C=O) groups excluding carboxylic acids is 1. The number of carbonyl (C=O) groups is 1. The smallest absolute Gasteiger partial charge is 0.156 e. The van der Waals surface area contributed by atoms with Crippen molar-refractivity contribution in [1.29, 1.82) is 0 Å². The number of methoxy groups -OCH3 is 1. The SMILES string of the molecule is COC1=CC2=CC(=O)CCCC2=CC1. The van der Waals surface area contributed by atoms with E-state index in [2.05, 4.69) is 6.08 Å². The molecule has 2 aliphatic carbocycles. The van der Waals surface area contributed by atoms with Gasteiger partial charge in [0.15, 0.2) is 5.78 Å². The number of ether oxygens (including phenoxy) is 1. The van der Waals surface area contributed by atoms with E-state index < -0.39 is 0 Å². The molecule has 0 spiro atoms. The molecular formula is C12H14O2. The summed E-state index contributed by atoms with van der Waals surface area (Å²) in [5.41, 5.74) is 2.35. The number of ketones is 1. The van der Waals surface area contributed by atoms with E-state index in [4.69, 9.17) is 4.74 Å². The third kappa shape index (κ3) is 1.79. The maximum absolute atomic E-state index is 11.4. The third-order valence-corrected chi connectivity index (χ3v) is 2.68. The molecule has 0 aromatic rings. The van der Waals surface area contributed by atoms with Gasteiger partial charge in [-0.15, -0.1) is 0 Å². The number of hydrogen-bond acceptors (Lipinski definition) is 2. The quantitative estimate of drug-likeness (QED) is 0.635. The summed E-state index contributed by atoms with van der Waals surface area (Å²) in [5.74, 6) is 1.17. The van der Waals surface area contributed by atoms with Gasteiger partial charge in [0.05, 0.1) is 12.9 Å². The van der Waals surface area contributed by atoms with Crippen LogP contribution in [0.1, 0.15) is 25.7 Å². The molecule has 0 N–H and O–H groups in total. The van der Waals surface area contributed by atoms with Crippen molar-refractivity contribution in [3.63, 3.8) is 0 Å². The Morgan fingerprint density at radius 3 is 2.93 bits per heavy atom. The van der Waals surface area contributed by atoms with Crippen LogP contribution in [0.25, 0.3) is 0 Å². The van der Waals surface area contributed by atoms with Crippen LogP contribution in [0.5, 0.6) is 0 Å². The second-order valence-electron chi connectivity index (χ2n) is 3.67. The van der Waals surface area contributed by atoms with E-state index in [1.165, 1.54) is 5.57 Å². The molecule has 2 heteroatoms. The van der Waals surface area contributed by atoms with E-state index in [0.29, 0.717) is 6.42 Å². The minimum absolute atomic E-state index is 0.233. The fourth-order valence-electron chi connectivity index (χ4n) is 1.89. The van der Waals surface area contributed by atoms with Crippen LogP contribution in [0.15, 0.2) is 35.1 Å². The molecular weight excluding hydrogens is 176 g/mol. The van der Waals surface area contributed by atoms with Gasteiger partial charge >= 0.3 is 0 Å². The van der Waals surface area contributed by atoms with Gasteiger partial charge in [0.1, 0.15) is 0 Å². The van der Waals surface area contributed by atoms with Crippen molar-refractivity contribution >= 4 is 5.78 Å². The van der Waals surface area contributed by atoms with Gasteiger partial charge in [-0.1, -0.05) is 6.08 Å². The molecule has 0 aromatic heterocycles. The number of fused-ring (bicyclic) bond motifs is 1. The molecule has 0 atom stereocenters. The lowest BCUT2D eigenvalue weighted by Gasteiger charge is -2.14. The Morgan fingerprint density at radius 1 is 1.29 bits per heavy atom. The van der Waals surface area contributed by atoms with Crippen LogP contribution < -0.4 is 0 Å². The normalized spacial score (nSPS) is 21.5. The Balaban J connectivity index is 2.31. The highest BCUT2D eigenvalue weighted by Crippen LogP contribution is 2.29. The predicted octanol–water partition coefficient (Wildman–Crippen LogP) is 2.53. The Hall–Kier alpha value is -1.31. The van der Waals surface area contributed by atoms with Crippen LogP contribution in [-0.2, 0) is 9.53 Å². The second kappa shape index (κ2) is 3.82. The first kappa shape index (κ1) is 9.25. The summed E-state index contributed by atoms with van der Waals surface area (Å²) in [6.07, 6.45) is 9.43. The summed E-state index contributed by atoms with van der Waals surface area (Å²) in [5, 5.41) is 0. The zero-order valence-corrected chi connectivity index (χ0v) is 8.38. The molecule has 0 heterocycles. The second-order valence-corrected chi connectivity index (χ2v) is 3.67. The van der Waals surface area contributed by atoms with Crippen molar-refractivity contribution in [3.05, 3.63) is 35.1 Å². The van der Waals surface area contributed by atoms with Gasteiger partial charge in [0, 0.05) is 12.8 Å². The van der Waals surface area contributed by atoms with Gasteiger partial charge in [0.2, 0.25) is 0 Å². The molecule has 0 bridgehead atoms. The van der Waals surface area contributed by atoms with Crippen molar-refractivity contribution in [1.82, 2.24) is 0 Å². The first-order valence-electron chi connectivity index (χ1n) is 4.98. The van der Waals surface area contributed by atoms with Gasteiger partial charge in [-0.25, -0.2) is 0 Å². The zero-order valence-electron chi connectivity index (χ0n) is 8.38. The Kier molecular flexibility index (Phi) is 2.53. The third-order valence-electron chi connectivity index (χ3n) is 2.68. The Morgan fingerprint density at radius 2 is 2.14 bits per heavy atom. The average molecular weight is 190 g/mol. The predicted molar refractivity (Wildman–Crippen MR) is 54.7 cm³/mol. The summed E-state index contributed by atoms with van der Waals surface area (Å²) in [6, 6.07) is 0. The monoisotopic (exact) mass is 190 g/mol. The largest absolute Gasteiger partial charge is 0.501 e. The highest BCUT2D eigenvalue weighted by molar-refractivity contribution is 5.92. The molecule has 74 valence electrons. The molecule has 0 radical (unpaired) electrons. The molecule has 2 aliphatic rings. The van der Waals surface area contributed by atoms with Crippen LogP contribution in [0.2, 0.25) is 0 Å². The lowest BCUT2D eigenvalue weighted by atomic mass is 9.96. The standard InChI is InChI=1S/C12H14O2/c1-14-12-6-5-9-3-2-4-11(13)7-10(9)8-12/h5,7-8H,2-4,6H2,1H3. The lowest BCUT2D eigenvalue weighted by molar-refractivity contribution is -0.114. The van der Waals surface area contributed by atoms with E-state index >= 15 is 0 Å². The van der Waals surface area contributed by atoms with Gasteiger partial charge in [-0.3, -0.25) is 4.79 Å². The van der Waals surface area contributed by atoms with Crippen LogP contribution in [0.4, 0.5) is 0 Å². The molecule has 0 saturated heterocycles. The Labute approximate surface area is 83.9 Å². The van der Waals surface area contributed by atoms with Crippen molar-refractivity contribution in [2.45, 2.75) is 25.7 Å². The van der Waals surface area contributed by atoms with E-state index in [9.17, 15) is 4.79 Å². The molecule has 0 saturated carbocycles. The van der Waals surface area contributed by atoms with Crippen molar-refractivity contribution in [2.75, 3.05) is 7.11 Å². The van der Waals surface area contributed by atoms with E-state index in [-0.39, 0.29) is 5.78 Å². The zero-order chi connectivity index (χ0) is 9.97. The molecule has 14 heavy (non-hydrogen) atoms. The summed E-state index contributed by atoms with van der Waals surface area (Å²) >= 11 is 0. The lowest BCUT2D eigenvalue weighted by Crippen LogP contribution is -1.97. The summed E-state index contributed by atoms with van der Waals surface area (Å²) < 4.78 is 5.18. The van der Waals surface area contributed by atoms with Crippen LogP contribution in [0, 0.1) is 0 Å². The van der Waals surface area contributed by atoms with Crippen molar-refractivity contribution in [3.8, 4) is 0 Å². The molecule has 2 nitrogen and oxygen atoms in total. The minimum atomic E-state index is 0.233. The molecule has 0 aliphatic heterocycles. The highest BCUT2D eigenvalue weighted by Gasteiger charge is 2.15. The number of hydrogen-bond donors (Lipinski definition) is 0. The minimum Gasteiger partial charge on any atom is -0.501 e. The summed E-state index contributed by atoms with van der Waals surface area (Å²) in [6.45, 7) is 0. The molecule has 2 rings (SSSR count). The number of rotatable bonds is 1. The van der Waals surface area contributed by atoms with Crippen LogP contribution in [-0.4, -0.2) is 12.9 Å². The fourth-order valence-corrected chi connectivity index (χ4v) is 1.89. The number of allylic oxidation sites excluding steroid dienone is 5. The highest BCUT2D eigenvalue weighted by atomic mass is 16.5. The first-order chi connectivity index (χ1) is 6.79. The topological polar surface area (TPSA) is 26.3 Å². The molecule has 0 aromatic carbocycles. The maximum Gasteiger partial charge on any atom is 0.156 e. The van der Waals surface area contributed by atoms with Gasteiger partial charge in [-0.05, 0) is 36.1 Å². The summed E-state index contributed by atoms with van der Waals surface area (Å²) in [4.78, 5) is 11.4. The van der Waals surface area contributed by atoms with Crippen LogP contribution >= 0.6 is 0 Å². The van der Waals surface area contributed by atoms with Gasteiger partial charge in [-0.2, -0.15) is 0 Å². The molecule has 0 unspecified atom stereocenters.